The van der Waals surface area contributed by atoms with Gasteiger partial charge in [0, 0.05) is 17.6 Å². The third-order valence-corrected chi connectivity index (χ3v) is 5.38. The number of hydrogen-bond donors (Lipinski definition) is 3. The summed E-state index contributed by atoms with van der Waals surface area (Å²) in [5.74, 6) is -0.573. The Hall–Kier alpha value is -1.71. The topological polar surface area (TPSA) is 114 Å². The molecule has 0 saturated heterocycles. The van der Waals surface area contributed by atoms with Gasteiger partial charge in [-0.2, -0.15) is 0 Å². The van der Waals surface area contributed by atoms with Crippen molar-refractivity contribution in [3.8, 4) is 0 Å². The van der Waals surface area contributed by atoms with Crippen LogP contribution in [-0.2, 0) is 10.0 Å². The van der Waals surface area contributed by atoms with Crippen molar-refractivity contribution in [1.82, 2.24) is 15.0 Å². The number of nitrogens with two attached hydrogens (primary N) is 1. The van der Waals surface area contributed by atoms with Crippen LogP contribution >= 0.6 is 11.3 Å². The molecule has 0 saturated carbocycles. The van der Waals surface area contributed by atoms with Gasteiger partial charge < -0.3 is 11.1 Å². The number of aryl methyl sites for hydroxylation is 1. The molecule has 0 aromatic carbocycles. The number of hydrogen-bond acceptors (Lipinski definition) is 6. The fourth-order valence-corrected chi connectivity index (χ4v) is 3.37. The number of fused-ring (bicyclic) bond motifs is 1. The number of rotatable bonds is 5. The van der Waals surface area contributed by atoms with E-state index >= 15 is 0 Å². The molecule has 0 radical (unpaired) electrons. The van der Waals surface area contributed by atoms with Crippen LogP contribution in [-0.4, -0.2) is 38.7 Å². The molecule has 4 N–H and O–H groups in total. The summed E-state index contributed by atoms with van der Waals surface area (Å²) in [7, 11) is -2.01. The maximum atomic E-state index is 12.1. The van der Waals surface area contributed by atoms with E-state index < -0.39 is 10.0 Å². The Labute approximate surface area is 126 Å². The number of aromatic nitrogens is 1. The number of anilines is 1. The highest BCUT2D eigenvalue weighted by molar-refractivity contribution is 7.89. The van der Waals surface area contributed by atoms with Crippen molar-refractivity contribution in [2.24, 2.45) is 0 Å². The van der Waals surface area contributed by atoms with E-state index in [-0.39, 0.29) is 18.2 Å². The van der Waals surface area contributed by atoms with Crippen LogP contribution in [0.25, 0.3) is 10.2 Å². The number of nitrogen functional groups attached to an aromatic ring is 1. The highest BCUT2D eigenvalue weighted by Crippen LogP contribution is 2.32. The van der Waals surface area contributed by atoms with E-state index in [1.807, 2.05) is 19.1 Å². The Morgan fingerprint density at radius 2 is 2.14 bits per heavy atom. The van der Waals surface area contributed by atoms with Crippen LogP contribution in [0.4, 0.5) is 5.69 Å². The van der Waals surface area contributed by atoms with E-state index in [9.17, 15) is 13.2 Å². The average molecular weight is 328 g/mol. The summed E-state index contributed by atoms with van der Waals surface area (Å²) in [6.07, 6.45) is 0. The normalized spacial score (nSPS) is 11.7. The first-order valence-electron chi connectivity index (χ1n) is 6.19. The highest BCUT2D eigenvalue weighted by Gasteiger charge is 2.17. The van der Waals surface area contributed by atoms with Gasteiger partial charge >= 0.3 is 0 Å². The van der Waals surface area contributed by atoms with Gasteiger partial charge in [0.1, 0.15) is 9.71 Å². The number of carbonyl (C=O) groups excluding carboxylic acids is 1. The van der Waals surface area contributed by atoms with Crippen molar-refractivity contribution < 1.29 is 13.2 Å². The zero-order valence-corrected chi connectivity index (χ0v) is 13.3. The van der Waals surface area contributed by atoms with Gasteiger partial charge in [0.25, 0.3) is 5.91 Å². The van der Waals surface area contributed by atoms with Crippen molar-refractivity contribution in [1.29, 1.82) is 0 Å². The number of sulfonamides is 1. The molecule has 9 heteroatoms. The van der Waals surface area contributed by atoms with Crippen LogP contribution in [0.2, 0.25) is 0 Å². The molecule has 0 aliphatic carbocycles. The lowest BCUT2D eigenvalue weighted by atomic mass is 10.2. The Morgan fingerprint density at radius 1 is 1.43 bits per heavy atom. The number of amides is 1. The molecule has 2 rings (SSSR count). The van der Waals surface area contributed by atoms with Crippen LogP contribution in [0.1, 0.15) is 15.4 Å². The third-order valence-electron chi connectivity index (χ3n) is 2.91. The Kier molecular flexibility index (Phi) is 4.45. The molecule has 0 unspecified atom stereocenters. The summed E-state index contributed by atoms with van der Waals surface area (Å²) in [6, 6.07) is 3.65. The zero-order valence-electron chi connectivity index (χ0n) is 11.6. The third kappa shape index (κ3) is 3.49. The summed E-state index contributed by atoms with van der Waals surface area (Å²) in [5, 5.41) is 3.29. The monoisotopic (exact) mass is 328 g/mol. The molecule has 2 heterocycles. The minimum atomic E-state index is -3.34. The van der Waals surface area contributed by atoms with E-state index in [4.69, 9.17) is 5.73 Å². The molecule has 0 atom stereocenters. The molecule has 21 heavy (non-hydrogen) atoms. The zero-order chi connectivity index (χ0) is 15.6. The predicted octanol–water partition coefficient (Wildman–Crippen LogP) is 0.466. The van der Waals surface area contributed by atoms with Crippen LogP contribution in [0.5, 0.6) is 0 Å². The minimum Gasteiger partial charge on any atom is -0.397 e. The molecule has 0 aliphatic heterocycles. The number of carbonyl (C=O) groups is 1. The smallest absolute Gasteiger partial charge is 0.263 e. The van der Waals surface area contributed by atoms with Gasteiger partial charge in [0.15, 0.2) is 0 Å². The van der Waals surface area contributed by atoms with Crippen LogP contribution in [0.3, 0.4) is 0 Å². The average Bonchev–Trinajstić information content (AvgIpc) is 2.75. The predicted molar refractivity (Wildman–Crippen MR) is 83.9 cm³/mol. The molecule has 0 fully saturated rings. The van der Waals surface area contributed by atoms with Crippen molar-refractivity contribution in [2.75, 3.05) is 25.1 Å². The van der Waals surface area contributed by atoms with E-state index in [0.29, 0.717) is 15.4 Å². The van der Waals surface area contributed by atoms with E-state index in [1.165, 1.54) is 18.4 Å². The fraction of sp³-hybridized carbons (Fsp3) is 0.333. The van der Waals surface area contributed by atoms with Gasteiger partial charge in [-0.15, -0.1) is 11.3 Å². The van der Waals surface area contributed by atoms with Crippen molar-refractivity contribution in [2.45, 2.75) is 6.92 Å². The Bertz CT molecular complexity index is 783. The van der Waals surface area contributed by atoms with Gasteiger partial charge in [-0.25, -0.2) is 18.1 Å². The molecule has 7 nitrogen and oxygen atoms in total. The molecule has 2 aromatic rings. The SMILES string of the molecule is CNS(=O)(=O)CCNC(=O)c1sc2nc(C)ccc2c1N. The first-order valence-corrected chi connectivity index (χ1v) is 8.66. The number of nitrogens with zero attached hydrogens (tertiary/aromatic N) is 1. The van der Waals surface area contributed by atoms with Crippen LogP contribution in [0, 0.1) is 6.92 Å². The second-order valence-corrected chi connectivity index (χ2v) is 7.47. The quantitative estimate of drug-likeness (QED) is 0.738. The Morgan fingerprint density at radius 3 is 2.81 bits per heavy atom. The van der Waals surface area contributed by atoms with Crippen molar-refractivity contribution in [3.05, 3.63) is 22.7 Å². The minimum absolute atomic E-state index is 0.0160. The van der Waals surface area contributed by atoms with Gasteiger partial charge in [-0.1, -0.05) is 0 Å². The maximum Gasteiger partial charge on any atom is 0.263 e. The number of pyridine rings is 1. The lowest BCUT2D eigenvalue weighted by Crippen LogP contribution is -2.32. The lowest BCUT2D eigenvalue weighted by Gasteiger charge is -2.04. The summed E-state index contributed by atoms with van der Waals surface area (Å²) in [4.78, 5) is 17.4. The van der Waals surface area contributed by atoms with Crippen LogP contribution < -0.4 is 15.8 Å². The molecule has 0 aliphatic rings. The van der Waals surface area contributed by atoms with E-state index in [0.717, 1.165) is 11.1 Å². The highest BCUT2D eigenvalue weighted by atomic mass is 32.2. The van der Waals surface area contributed by atoms with Crippen LogP contribution in [0.15, 0.2) is 12.1 Å². The molecular formula is C12H16N4O3S2. The molecule has 2 aromatic heterocycles. The fourth-order valence-electron chi connectivity index (χ4n) is 1.74. The molecule has 1 amide bonds. The molecule has 0 spiro atoms. The summed E-state index contributed by atoms with van der Waals surface area (Å²) >= 11 is 1.20. The van der Waals surface area contributed by atoms with Crippen molar-refractivity contribution >= 4 is 43.2 Å². The van der Waals surface area contributed by atoms with Gasteiger partial charge in [0.2, 0.25) is 10.0 Å². The standard InChI is InChI=1S/C12H16N4O3S2/c1-7-3-4-8-9(13)10(20-12(8)16-7)11(17)15-5-6-21(18,19)14-2/h3-4,14H,5-6,13H2,1-2H3,(H,15,17). The summed E-state index contributed by atoms with van der Waals surface area (Å²) in [5.41, 5.74) is 7.17. The van der Waals surface area contributed by atoms with Crippen molar-refractivity contribution in [3.63, 3.8) is 0 Å². The van der Waals surface area contributed by atoms with E-state index in [1.54, 1.807) is 0 Å². The largest absolute Gasteiger partial charge is 0.397 e. The first-order chi connectivity index (χ1) is 9.84. The molecule has 0 bridgehead atoms. The summed E-state index contributed by atoms with van der Waals surface area (Å²) < 4.78 is 24.7. The molecular weight excluding hydrogens is 312 g/mol. The second kappa shape index (κ2) is 5.96. The number of nitrogens with one attached hydrogen (secondary N) is 2. The lowest BCUT2D eigenvalue weighted by molar-refractivity contribution is 0.0961. The van der Waals surface area contributed by atoms with Gasteiger partial charge in [-0.05, 0) is 26.1 Å². The molecule has 114 valence electrons. The van der Waals surface area contributed by atoms with E-state index in [2.05, 4.69) is 15.0 Å². The van der Waals surface area contributed by atoms with Gasteiger partial charge in [-0.3, -0.25) is 4.79 Å². The second-order valence-electron chi connectivity index (χ2n) is 4.43. The summed E-state index contributed by atoms with van der Waals surface area (Å²) in [6.45, 7) is 1.87. The first kappa shape index (κ1) is 15.7. The Balaban J connectivity index is 2.15. The number of thiophene rings is 1. The van der Waals surface area contributed by atoms with Gasteiger partial charge in [0.05, 0.1) is 11.4 Å². The maximum absolute atomic E-state index is 12.1.